The average Bonchev–Trinajstić information content (AvgIpc) is 3.49. The first-order valence-electron chi connectivity index (χ1n) is 11.5. The molecule has 0 aliphatic rings. The zero-order chi connectivity index (χ0) is 28.1. The SMILES string of the molecule is O=S(=O)(Nc1nc2ccc(-c3ccc4nc(NS(=O)(=O)c5ccccc5Cl)oc4c3)cc2o1)c1ccccc1Cl. The van der Waals surface area contributed by atoms with E-state index in [1.165, 1.54) is 24.3 Å². The smallest absolute Gasteiger partial charge is 0.309 e. The molecule has 2 N–H and O–H groups in total. The summed E-state index contributed by atoms with van der Waals surface area (Å²) in [6.07, 6.45) is 0. The minimum absolute atomic E-state index is 0.0658. The Labute approximate surface area is 237 Å². The zero-order valence-electron chi connectivity index (χ0n) is 20.0. The van der Waals surface area contributed by atoms with Gasteiger partial charge in [0.05, 0.1) is 10.0 Å². The molecule has 0 saturated heterocycles. The Bertz CT molecular complexity index is 1990. The van der Waals surface area contributed by atoms with Gasteiger partial charge in [-0.25, -0.2) is 26.3 Å². The van der Waals surface area contributed by atoms with Crippen molar-refractivity contribution >= 4 is 77.5 Å². The van der Waals surface area contributed by atoms with E-state index < -0.39 is 20.0 Å². The first-order valence-corrected chi connectivity index (χ1v) is 15.2. The molecule has 0 radical (unpaired) electrons. The van der Waals surface area contributed by atoms with Gasteiger partial charge in [-0.15, -0.1) is 0 Å². The van der Waals surface area contributed by atoms with Crippen molar-refractivity contribution in [3.05, 3.63) is 95.0 Å². The Hall–Kier alpha value is -4.10. The Morgan fingerprint density at radius 3 is 1.38 bits per heavy atom. The van der Waals surface area contributed by atoms with Crippen LogP contribution in [0.25, 0.3) is 33.3 Å². The number of halogens is 2. The highest BCUT2D eigenvalue weighted by molar-refractivity contribution is 7.93. The molecule has 4 aromatic carbocycles. The molecule has 0 unspecified atom stereocenters. The summed E-state index contributed by atoms with van der Waals surface area (Å²) >= 11 is 12.1. The number of benzene rings is 4. The average molecular weight is 615 g/mol. The van der Waals surface area contributed by atoms with Crippen molar-refractivity contribution in [1.82, 2.24) is 9.97 Å². The zero-order valence-corrected chi connectivity index (χ0v) is 23.1. The Morgan fingerprint density at radius 1 is 0.575 bits per heavy atom. The highest BCUT2D eigenvalue weighted by Crippen LogP contribution is 2.31. The second-order valence-corrected chi connectivity index (χ2v) is 12.6. The van der Waals surface area contributed by atoms with Gasteiger partial charge in [-0.05, 0) is 59.7 Å². The van der Waals surface area contributed by atoms with Crippen molar-refractivity contribution in [1.29, 1.82) is 0 Å². The van der Waals surface area contributed by atoms with Crippen LogP contribution in [-0.2, 0) is 20.0 Å². The molecule has 2 heterocycles. The Morgan fingerprint density at radius 2 is 0.975 bits per heavy atom. The lowest BCUT2D eigenvalue weighted by molar-refractivity contribution is 0.589. The van der Waals surface area contributed by atoms with Gasteiger partial charge in [0.2, 0.25) is 0 Å². The van der Waals surface area contributed by atoms with Crippen LogP contribution < -0.4 is 9.44 Å². The maximum atomic E-state index is 12.7. The molecule has 0 bridgehead atoms. The van der Waals surface area contributed by atoms with E-state index in [1.54, 1.807) is 60.7 Å². The van der Waals surface area contributed by atoms with Gasteiger partial charge in [0.1, 0.15) is 20.8 Å². The number of hydrogen-bond donors (Lipinski definition) is 2. The first-order chi connectivity index (χ1) is 19.1. The molecule has 2 aromatic heterocycles. The van der Waals surface area contributed by atoms with Crippen LogP contribution in [0, 0.1) is 0 Å². The number of aromatic nitrogens is 2. The highest BCUT2D eigenvalue weighted by Gasteiger charge is 2.22. The summed E-state index contributed by atoms with van der Waals surface area (Å²) < 4.78 is 66.9. The molecular weight excluding hydrogens is 599 g/mol. The molecule has 0 saturated carbocycles. The van der Waals surface area contributed by atoms with E-state index in [-0.39, 0.29) is 31.9 Å². The van der Waals surface area contributed by atoms with Crippen LogP contribution >= 0.6 is 23.2 Å². The van der Waals surface area contributed by atoms with Gasteiger partial charge in [-0.3, -0.25) is 0 Å². The number of fused-ring (bicyclic) bond motifs is 2. The molecule has 0 aliphatic carbocycles. The van der Waals surface area contributed by atoms with Gasteiger partial charge >= 0.3 is 12.0 Å². The number of nitrogens with one attached hydrogen (secondary N) is 2. The number of oxazole rings is 2. The van der Waals surface area contributed by atoms with Crippen LogP contribution in [0.4, 0.5) is 12.0 Å². The lowest BCUT2D eigenvalue weighted by Gasteiger charge is -2.05. The van der Waals surface area contributed by atoms with Crippen LogP contribution in [0.1, 0.15) is 0 Å². The number of hydrogen-bond acceptors (Lipinski definition) is 8. The van der Waals surface area contributed by atoms with E-state index in [0.717, 1.165) is 0 Å². The standard InChI is InChI=1S/C26H16Cl2N4O6S2/c27-17-5-1-3-7-23(17)39(33,34)31-25-29-19-11-9-15(13-21(19)37-25)16-10-12-20-22(14-16)38-26(30-20)32-40(35,36)24-8-4-2-6-18(24)28/h1-14H,(H,29,31)(H,30,32). The van der Waals surface area contributed by atoms with Gasteiger partial charge in [0.25, 0.3) is 20.0 Å². The molecule has 0 aliphatic heterocycles. The van der Waals surface area contributed by atoms with E-state index in [9.17, 15) is 16.8 Å². The quantitative estimate of drug-likeness (QED) is 0.206. The fourth-order valence-corrected chi connectivity index (χ4v) is 6.86. The summed E-state index contributed by atoms with van der Waals surface area (Å²) in [5, 5.41) is 0.132. The van der Waals surface area contributed by atoms with E-state index in [1.807, 2.05) is 0 Å². The topological polar surface area (TPSA) is 144 Å². The van der Waals surface area contributed by atoms with Crippen molar-refractivity contribution in [3.8, 4) is 11.1 Å². The summed E-state index contributed by atoms with van der Waals surface area (Å²) in [6, 6.07) is 21.9. The van der Waals surface area contributed by atoms with Crippen LogP contribution in [0.15, 0.2) is 104 Å². The summed E-state index contributed by atoms with van der Waals surface area (Å²) in [5.74, 6) is 0. The highest BCUT2D eigenvalue weighted by atomic mass is 35.5. The van der Waals surface area contributed by atoms with Gasteiger partial charge in [-0.2, -0.15) is 9.97 Å². The lowest BCUT2D eigenvalue weighted by Crippen LogP contribution is -2.13. The second-order valence-electron chi connectivity index (χ2n) is 8.47. The van der Waals surface area contributed by atoms with Crippen LogP contribution in [0.2, 0.25) is 10.0 Å². The maximum Gasteiger partial charge on any atom is 0.309 e. The number of anilines is 2. The molecule has 6 aromatic rings. The van der Waals surface area contributed by atoms with E-state index >= 15 is 0 Å². The first kappa shape index (κ1) is 26.1. The van der Waals surface area contributed by atoms with Crippen LogP contribution in [0.3, 0.4) is 0 Å². The molecule has 0 spiro atoms. The predicted molar refractivity (Wildman–Crippen MR) is 152 cm³/mol. The molecule has 40 heavy (non-hydrogen) atoms. The monoisotopic (exact) mass is 614 g/mol. The summed E-state index contributed by atoms with van der Waals surface area (Å²) in [7, 11) is -8.05. The van der Waals surface area contributed by atoms with Crippen LogP contribution in [0.5, 0.6) is 0 Å². The molecule has 202 valence electrons. The van der Waals surface area contributed by atoms with E-state index in [0.29, 0.717) is 33.3 Å². The van der Waals surface area contributed by atoms with E-state index in [2.05, 4.69) is 19.4 Å². The number of nitrogens with zero attached hydrogens (tertiary/aromatic N) is 2. The Kier molecular flexibility index (Phi) is 6.42. The molecule has 0 amide bonds. The molecule has 10 nitrogen and oxygen atoms in total. The fraction of sp³-hybridized carbons (Fsp3) is 0. The summed E-state index contributed by atoms with van der Waals surface area (Å²) in [4.78, 5) is 8.20. The van der Waals surface area contributed by atoms with Gasteiger partial charge < -0.3 is 8.83 Å². The van der Waals surface area contributed by atoms with Crippen molar-refractivity contribution in [2.24, 2.45) is 0 Å². The number of rotatable bonds is 7. The maximum absolute atomic E-state index is 12.7. The molecule has 6 rings (SSSR count). The van der Waals surface area contributed by atoms with Crippen molar-refractivity contribution in [2.75, 3.05) is 9.44 Å². The molecule has 14 heteroatoms. The molecule has 0 fully saturated rings. The fourth-order valence-electron chi connectivity index (χ4n) is 3.96. The predicted octanol–water partition coefficient (Wildman–Crippen LogP) is 6.54. The lowest BCUT2D eigenvalue weighted by atomic mass is 10.1. The third-order valence-electron chi connectivity index (χ3n) is 5.81. The molecule has 0 atom stereocenters. The van der Waals surface area contributed by atoms with Crippen molar-refractivity contribution in [2.45, 2.75) is 9.79 Å². The minimum Gasteiger partial charge on any atom is -0.423 e. The third kappa shape index (κ3) is 4.97. The van der Waals surface area contributed by atoms with Crippen LogP contribution in [-0.4, -0.2) is 26.8 Å². The normalized spacial score (nSPS) is 12.2. The minimum atomic E-state index is -4.02. The Balaban J connectivity index is 1.27. The third-order valence-corrected chi connectivity index (χ3v) is 9.45. The second kappa shape index (κ2) is 9.82. The largest absolute Gasteiger partial charge is 0.423 e. The van der Waals surface area contributed by atoms with Crippen molar-refractivity contribution < 1.29 is 25.7 Å². The number of sulfonamides is 2. The summed E-state index contributed by atoms with van der Waals surface area (Å²) in [6.45, 7) is 0. The van der Waals surface area contributed by atoms with E-state index in [4.69, 9.17) is 32.0 Å². The van der Waals surface area contributed by atoms with Gasteiger partial charge in [0, 0.05) is 0 Å². The van der Waals surface area contributed by atoms with Gasteiger partial charge in [-0.1, -0.05) is 59.6 Å². The summed E-state index contributed by atoms with van der Waals surface area (Å²) in [5.41, 5.74) is 2.94. The molecular formula is C26H16Cl2N4O6S2. The van der Waals surface area contributed by atoms with Crippen molar-refractivity contribution in [3.63, 3.8) is 0 Å². The van der Waals surface area contributed by atoms with Gasteiger partial charge in [0.15, 0.2) is 11.2 Å².